The van der Waals surface area contributed by atoms with Crippen molar-refractivity contribution in [3.63, 3.8) is 0 Å². The Labute approximate surface area is 124 Å². The quantitative estimate of drug-likeness (QED) is 0.481. The summed E-state index contributed by atoms with van der Waals surface area (Å²) in [5.74, 6) is -0.984. The van der Waals surface area contributed by atoms with Crippen molar-refractivity contribution in [2.45, 2.75) is 0 Å². The average Bonchev–Trinajstić information content (AvgIpc) is 2.96. The number of hydrogen-bond acceptors (Lipinski definition) is 6. The molecule has 0 saturated carbocycles. The molecule has 2 rings (SSSR count). The molecule has 1 heterocycles. The number of anilines is 1. The second-order valence-corrected chi connectivity index (χ2v) is 4.06. The standard InChI is InChI=1S/C14H11N3O5/c18-14(19)10-3-5-11(6-4-10)16-15-9-1-2-12-7-8-13(22-12)17(20)21/h1-9,16H,(H,18,19)/b2-1+,15-9?. The normalized spacial score (nSPS) is 11.1. The molecule has 0 amide bonds. The van der Waals surface area contributed by atoms with Crippen LogP contribution in [0.3, 0.4) is 0 Å². The highest BCUT2D eigenvalue weighted by Gasteiger charge is 2.09. The van der Waals surface area contributed by atoms with Crippen LogP contribution in [0.15, 0.2) is 52.0 Å². The lowest BCUT2D eigenvalue weighted by molar-refractivity contribution is -0.402. The maximum Gasteiger partial charge on any atom is 0.433 e. The summed E-state index contributed by atoms with van der Waals surface area (Å²) in [4.78, 5) is 20.5. The molecule has 1 aromatic carbocycles. The molecule has 22 heavy (non-hydrogen) atoms. The Balaban J connectivity index is 1.88. The van der Waals surface area contributed by atoms with Gasteiger partial charge in [-0.25, -0.2) is 4.79 Å². The Morgan fingerprint density at radius 3 is 2.59 bits per heavy atom. The number of hydrogen-bond donors (Lipinski definition) is 2. The molecule has 0 atom stereocenters. The first kappa shape index (κ1) is 15.0. The van der Waals surface area contributed by atoms with E-state index in [4.69, 9.17) is 9.52 Å². The summed E-state index contributed by atoms with van der Waals surface area (Å²) >= 11 is 0. The number of nitrogens with one attached hydrogen (secondary N) is 1. The fourth-order valence-electron chi connectivity index (χ4n) is 1.51. The fraction of sp³-hybridized carbons (Fsp3) is 0. The third kappa shape index (κ3) is 4.04. The zero-order chi connectivity index (χ0) is 15.9. The average molecular weight is 301 g/mol. The van der Waals surface area contributed by atoms with E-state index in [9.17, 15) is 14.9 Å². The van der Waals surface area contributed by atoms with Gasteiger partial charge in [-0.3, -0.25) is 15.5 Å². The Bertz CT molecular complexity index is 731. The van der Waals surface area contributed by atoms with Gasteiger partial charge in [-0.1, -0.05) is 0 Å². The largest absolute Gasteiger partial charge is 0.478 e. The van der Waals surface area contributed by atoms with Crippen LogP contribution >= 0.6 is 0 Å². The maximum atomic E-state index is 10.7. The number of rotatable bonds is 6. The number of nitrogens with zero attached hydrogens (tertiary/aromatic N) is 2. The molecule has 0 aliphatic heterocycles. The number of aromatic carboxylic acids is 1. The topological polar surface area (TPSA) is 118 Å². The van der Waals surface area contributed by atoms with Gasteiger partial charge in [0, 0.05) is 6.21 Å². The number of carbonyl (C=O) groups is 1. The first-order valence-corrected chi connectivity index (χ1v) is 6.09. The number of furan rings is 1. The highest BCUT2D eigenvalue weighted by molar-refractivity contribution is 5.88. The van der Waals surface area contributed by atoms with E-state index in [0.717, 1.165) is 0 Å². The molecule has 0 unspecified atom stereocenters. The zero-order valence-corrected chi connectivity index (χ0v) is 11.2. The molecule has 2 N–H and O–H groups in total. The van der Waals surface area contributed by atoms with E-state index in [2.05, 4.69) is 10.5 Å². The molecule has 2 aromatic rings. The van der Waals surface area contributed by atoms with Gasteiger partial charge >= 0.3 is 11.9 Å². The number of carboxylic acids is 1. The third-order valence-corrected chi connectivity index (χ3v) is 2.54. The van der Waals surface area contributed by atoms with E-state index in [-0.39, 0.29) is 11.4 Å². The van der Waals surface area contributed by atoms with E-state index < -0.39 is 10.9 Å². The van der Waals surface area contributed by atoms with Gasteiger partial charge in [-0.15, -0.1) is 0 Å². The summed E-state index contributed by atoms with van der Waals surface area (Å²) in [5, 5.41) is 23.1. The first-order chi connectivity index (χ1) is 10.6. The van der Waals surface area contributed by atoms with Crippen molar-refractivity contribution in [3.8, 4) is 0 Å². The van der Waals surface area contributed by atoms with Crippen LogP contribution in [0, 0.1) is 10.1 Å². The number of carboxylic acid groups (broad SMARTS) is 1. The van der Waals surface area contributed by atoms with Crippen LogP contribution in [-0.4, -0.2) is 22.2 Å². The maximum absolute atomic E-state index is 10.7. The Morgan fingerprint density at radius 2 is 2.00 bits per heavy atom. The molecule has 1 aromatic heterocycles. The third-order valence-electron chi connectivity index (χ3n) is 2.54. The Morgan fingerprint density at radius 1 is 1.27 bits per heavy atom. The van der Waals surface area contributed by atoms with E-state index in [1.54, 1.807) is 18.2 Å². The lowest BCUT2D eigenvalue weighted by atomic mass is 10.2. The second-order valence-electron chi connectivity index (χ2n) is 4.06. The Kier molecular flexibility index (Phi) is 4.66. The number of hydrazone groups is 1. The molecule has 0 fully saturated rings. The number of benzene rings is 1. The van der Waals surface area contributed by atoms with Crippen LogP contribution in [-0.2, 0) is 0 Å². The summed E-state index contributed by atoms with van der Waals surface area (Å²) in [7, 11) is 0. The van der Waals surface area contributed by atoms with Gasteiger partial charge in [-0.05, 0) is 42.5 Å². The second kappa shape index (κ2) is 6.84. The van der Waals surface area contributed by atoms with E-state index in [1.807, 2.05) is 0 Å². The highest BCUT2D eigenvalue weighted by Crippen LogP contribution is 2.16. The van der Waals surface area contributed by atoms with Gasteiger partial charge in [-0.2, -0.15) is 5.10 Å². The van der Waals surface area contributed by atoms with E-state index in [0.29, 0.717) is 11.4 Å². The summed E-state index contributed by atoms with van der Waals surface area (Å²) in [6.45, 7) is 0. The molecule has 8 heteroatoms. The van der Waals surface area contributed by atoms with Crippen molar-refractivity contribution < 1.29 is 19.2 Å². The fourth-order valence-corrected chi connectivity index (χ4v) is 1.51. The molecular formula is C14H11N3O5. The monoisotopic (exact) mass is 301 g/mol. The van der Waals surface area contributed by atoms with Gasteiger partial charge in [0.05, 0.1) is 17.3 Å². The minimum absolute atomic E-state index is 0.189. The van der Waals surface area contributed by atoms with Crippen molar-refractivity contribution in [1.29, 1.82) is 0 Å². The van der Waals surface area contributed by atoms with Crippen LogP contribution in [0.25, 0.3) is 6.08 Å². The highest BCUT2D eigenvalue weighted by atomic mass is 16.6. The van der Waals surface area contributed by atoms with Gasteiger partial charge in [0.25, 0.3) is 0 Å². The van der Waals surface area contributed by atoms with Gasteiger partial charge in [0.15, 0.2) is 0 Å². The molecule has 0 bridgehead atoms. The van der Waals surface area contributed by atoms with Crippen molar-refractivity contribution in [2.75, 3.05) is 5.43 Å². The van der Waals surface area contributed by atoms with Crippen molar-refractivity contribution in [1.82, 2.24) is 0 Å². The molecule has 112 valence electrons. The molecule has 0 aliphatic rings. The first-order valence-electron chi connectivity index (χ1n) is 6.09. The summed E-state index contributed by atoms with van der Waals surface area (Å²) in [5.41, 5.74) is 3.52. The molecule has 8 nitrogen and oxygen atoms in total. The van der Waals surface area contributed by atoms with Crippen molar-refractivity contribution in [3.05, 3.63) is 63.9 Å². The molecule has 0 aliphatic carbocycles. The van der Waals surface area contributed by atoms with Crippen molar-refractivity contribution >= 4 is 29.8 Å². The molecule has 0 spiro atoms. The molecule has 0 radical (unpaired) electrons. The smallest absolute Gasteiger partial charge is 0.433 e. The Hall–Kier alpha value is -3.42. The van der Waals surface area contributed by atoms with Gasteiger partial charge in [0.2, 0.25) is 0 Å². The number of allylic oxidation sites excluding steroid dienone is 1. The zero-order valence-electron chi connectivity index (χ0n) is 11.2. The van der Waals surface area contributed by atoms with Crippen LogP contribution in [0.4, 0.5) is 11.6 Å². The van der Waals surface area contributed by atoms with E-state index in [1.165, 1.54) is 36.6 Å². The van der Waals surface area contributed by atoms with Gasteiger partial charge < -0.3 is 9.52 Å². The minimum atomic E-state index is -0.995. The van der Waals surface area contributed by atoms with Crippen molar-refractivity contribution in [2.24, 2.45) is 5.10 Å². The summed E-state index contributed by atoms with van der Waals surface area (Å²) < 4.78 is 4.92. The molecular weight excluding hydrogens is 290 g/mol. The van der Waals surface area contributed by atoms with Crippen LogP contribution in [0.5, 0.6) is 0 Å². The summed E-state index contributed by atoms with van der Waals surface area (Å²) in [6.07, 6.45) is 4.49. The van der Waals surface area contributed by atoms with Crippen LogP contribution in [0.1, 0.15) is 16.1 Å². The van der Waals surface area contributed by atoms with Gasteiger partial charge in [0.1, 0.15) is 10.7 Å². The number of nitro groups is 1. The van der Waals surface area contributed by atoms with Crippen LogP contribution < -0.4 is 5.43 Å². The van der Waals surface area contributed by atoms with E-state index >= 15 is 0 Å². The van der Waals surface area contributed by atoms with Crippen LogP contribution in [0.2, 0.25) is 0 Å². The minimum Gasteiger partial charge on any atom is -0.478 e. The summed E-state index contributed by atoms with van der Waals surface area (Å²) in [6, 6.07) is 8.82. The SMILES string of the molecule is O=C(O)c1ccc(NN=C/C=C/c2ccc([N+](=O)[O-])o2)cc1. The lowest BCUT2D eigenvalue weighted by Crippen LogP contribution is -1.96. The predicted octanol–water partition coefficient (Wildman–Crippen LogP) is 3.00. The lowest BCUT2D eigenvalue weighted by Gasteiger charge is -1.99. The molecule has 0 saturated heterocycles. The predicted molar refractivity (Wildman–Crippen MR) is 79.9 cm³/mol.